The Morgan fingerprint density at radius 1 is 1.12 bits per heavy atom. The number of carbonyl (C=O) groups is 2. The zero-order valence-electron chi connectivity index (χ0n) is 14.4. The summed E-state index contributed by atoms with van der Waals surface area (Å²) >= 11 is 0. The van der Waals surface area contributed by atoms with E-state index in [0.29, 0.717) is 28.3 Å². The van der Waals surface area contributed by atoms with Crippen molar-refractivity contribution in [3.63, 3.8) is 0 Å². The van der Waals surface area contributed by atoms with Crippen LogP contribution < -0.4 is 14.8 Å². The Labute approximate surface area is 146 Å². The highest BCUT2D eigenvalue weighted by Gasteiger charge is 2.14. The summed E-state index contributed by atoms with van der Waals surface area (Å²) < 4.78 is 10.9. The first-order valence-electron chi connectivity index (χ1n) is 7.86. The smallest absolute Gasteiger partial charge is 0.307 e. The Balaban J connectivity index is 2.23. The number of carbonyl (C=O) groups excluding carboxylic acids is 1. The van der Waals surface area contributed by atoms with Gasteiger partial charge in [-0.2, -0.15) is 0 Å². The maximum Gasteiger partial charge on any atom is 0.307 e. The topological polar surface area (TPSA) is 84.9 Å². The van der Waals surface area contributed by atoms with Gasteiger partial charge in [0.05, 0.1) is 19.6 Å². The number of carboxylic acids is 1. The molecule has 0 bridgehead atoms. The Kier molecular flexibility index (Phi) is 6.00. The molecule has 0 aliphatic heterocycles. The Morgan fingerprint density at radius 3 is 2.48 bits per heavy atom. The Hall–Kier alpha value is -3.02. The number of ether oxygens (including phenoxy) is 2. The molecule has 0 unspecified atom stereocenters. The number of rotatable bonds is 7. The Morgan fingerprint density at radius 2 is 1.84 bits per heavy atom. The predicted molar refractivity (Wildman–Crippen MR) is 94.5 cm³/mol. The van der Waals surface area contributed by atoms with Crippen molar-refractivity contribution in [1.29, 1.82) is 0 Å². The van der Waals surface area contributed by atoms with E-state index in [9.17, 15) is 9.59 Å². The molecule has 6 nitrogen and oxygen atoms in total. The lowest BCUT2D eigenvalue weighted by molar-refractivity contribution is -0.136. The molecular weight excluding hydrogens is 322 g/mol. The average Bonchev–Trinajstić information content (AvgIpc) is 2.56. The van der Waals surface area contributed by atoms with E-state index in [4.69, 9.17) is 14.6 Å². The van der Waals surface area contributed by atoms with Crippen molar-refractivity contribution >= 4 is 17.6 Å². The summed E-state index contributed by atoms with van der Waals surface area (Å²) in [5, 5.41) is 11.7. The van der Waals surface area contributed by atoms with Gasteiger partial charge in [0.2, 0.25) is 0 Å². The molecule has 2 aromatic rings. The summed E-state index contributed by atoms with van der Waals surface area (Å²) in [6, 6.07) is 11.7. The number of carboxylic acid groups (broad SMARTS) is 1. The van der Waals surface area contributed by atoms with Crippen molar-refractivity contribution in [3.05, 3.63) is 53.6 Å². The highest BCUT2D eigenvalue weighted by molar-refractivity contribution is 6.05. The number of amides is 1. The maximum absolute atomic E-state index is 12.5. The van der Waals surface area contributed by atoms with Crippen LogP contribution in [0.4, 0.5) is 5.69 Å². The fourth-order valence-corrected chi connectivity index (χ4v) is 2.31. The normalized spacial score (nSPS) is 10.4. The molecular formula is C19H21NO5. The highest BCUT2D eigenvalue weighted by Crippen LogP contribution is 2.29. The number of hydrogen-bond acceptors (Lipinski definition) is 4. The second-order valence-electron chi connectivity index (χ2n) is 5.71. The summed E-state index contributed by atoms with van der Waals surface area (Å²) in [5.74, 6) is -0.300. The zero-order valence-corrected chi connectivity index (χ0v) is 14.4. The van der Waals surface area contributed by atoms with Crippen LogP contribution in [0.3, 0.4) is 0 Å². The summed E-state index contributed by atoms with van der Waals surface area (Å²) in [5.41, 5.74) is 1.39. The van der Waals surface area contributed by atoms with E-state index in [1.807, 2.05) is 13.8 Å². The van der Waals surface area contributed by atoms with Crippen LogP contribution in [0.1, 0.15) is 29.8 Å². The molecule has 132 valence electrons. The van der Waals surface area contributed by atoms with Gasteiger partial charge in [-0.05, 0) is 43.7 Å². The third-order valence-electron chi connectivity index (χ3n) is 3.40. The van der Waals surface area contributed by atoms with Crippen molar-refractivity contribution in [3.8, 4) is 11.5 Å². The van der Waals surface area contributed by atoms with E-state index in [1.165, 1.54) is 7.11 Å². The van der Waals surface area contributed by atoms with Gasteiger partial charge >= 0.3 is 5.97 Å². The molecule has 1 amide bonds. The monoisotopic (exact) mass is 343 g/mol. The molecule has 2 rings (SSSR count). The van der Waals surface area contributed by atoms with Gasteiger partial charge in [0, 0.05) is 11.3 Å². The number of hydrogen-bond donors (Lipinski definition) is 2. The van der Waals surface area contributed by atoms with Crippen molar-refractivity contribution in [2.75, 3.05) is 12.4 Å². The van der Waals surface area contributed by atoms with Gasteiger partial charge in [-0.3, -0.25) is 9.59 Å². The number of anilines is 1. The van der Waals surface area contributed by atoms with Crippen molar-refractivity contribution in [1.82, 2.24) is 0 Å². The van der Waals surface area contributed by atoms with E-state index in [0.717, 1.165) is 0 Å². The van der Waals surface area contributed by atoms with Crippen LogP contribution in [0.25, 0.3) is 0 Å². The van der Waals surface area contributed by atoms with Gasteiger partial charge in [0.1, 0.15) is 0 Å². The molecule has 0 saturated carbocycles. The number of nitrogens with one attached hydrogen (secondary N) is 1. The van der Waals surface area contributed by atoms with Gasteiger partial charge < -0.3 is 19.9 Å². The SMILES string of the molecule is COc1cc(C(=O)Nc2ccccc2CC(=O)O)ccc1OC(C)C. The lowest BCUT2D eigenvalue weighted by Gasteiger charge is -2.15. The van der Waals surface area contributed by atoms with E-state index in [2.05, 4.69) is 5.32 Å². The third kappa shape index (κ3) is 4.97. The summed E-state index contributed by atoms with van der Waals surface area (Å²) in [4.78, 5) is 23.4. The highest BCUT2D eigenvalue weighted by atomic mass is 16.5. The Bertz CT molecular complexity index is 770. The van der Waals surface area contributed by atoms with Crippen LogP contribution in [0.15, 0.2) is 42.5 Å². The molecule has 0 aliphatic rings. The van der Waals surface area contributed by atoms with Crippen LogP contribution in [0.2, 0.25) is 0 Å². The average molecular weight is 343 g/mol. The van der Waals surface area contributed by atoms with Gasteiger partial charge in [0.15, 0.2) is 11.5 Å². The number of para-hydroxylation sites is 1. The fourth-order valence-electron chi connectivity index (χ4n) is 2.31. The first-order valence-corrected chi connectivity index (χ1v) is 7.86. The molecule has 0 saturated heterocycles. The molecule has 0 fully saturated rings. The van der Waals surface area contributed by atoms with Crippen molar-refractivity contribution in [2.24, 2.45) is 0 Å². The van der Waals surface area contributed by atoms with Gasteiger partial charge in [-0.1, -0.05) is 18.2 Å². The summed E-state index contributed by atoms with van der Waals surface area (Å²) in [6.45, 7) is 3.80. The lowest BCUT2D eigenvalue weighted by Crippen LogP contribution is -2.15. The van der Waals surface area contributed by atoms with Crippen molar-refractivity contribution in [2.45, 2.75) is 26.4 Å². The summed E-state index contributed by atoms with van der Waals surface area (Å²) in [7, 11) is 1.51. The van der Waals surface area contributed by atoms with Crippen LogP contribution in [0, 0.1) is 0 Å². The van der Waals surface area contributed by atoms with Crippen LogP contribution in [-0.2, 0) is 11.2 Å². The van der Waals surface area contributed by atoms with Gasteiger partial charge in [0.25, 0.3) is 5.91 Å². The van der Waals surface area contributed by atoms with E-state index in [1.54, 1.807) is 42.5 Å². The zero-order chi connectivity index (χ0) is 18.4. The quantitative estimate of drug-likeness (QED) is 0.805. The summed E-state index contributed by atoms with van der Waals surface area (Å²) in [6.07, 6.45) is -0.183. The molecule has 2 N–H and O–H groups in total. The van der Waals surface area contributed by atoms with Crippen LogP contribution in [-0.4, -0.2) is 30.2 Å². The minimum Gasteiger partial charge on any atom is -0.493 e. The number of benzene rings is 2. The minimum absolute atomic E-state index is 0.0172. The largest absolute Gasteiger partial charge is 0.493 e. The molecule has 0 aromatic heterocycles. The van der Waals surface area contributed by atoms with E-state index in [-0.39, 0.29) is 18.4 Å². The molecule has 6 heteroatoms. The fraction of sp³-hybridized carbons (Fsp3) is 0.263. The van der Waals surface area contributed by atoms with Crippen molar-refractivity contribution < 1.29 is 24.2 Å². The minimum atomic E-state index is -0.960. The molecule has 0 radical (unpaired) electrons. The first kappa shape index (κ1) is 18.3. The second kappa shape index (κ2) is 8.19. The lowest BCUT2D eigenvalue weighted by atomic mass is 10.1. The van der Waals surface area contributed by atoms with Crippen LogP contribution in [0.5, 0.6) is 11.5 Å². The molecule has 0 atom stereocenters. The third-order valence-corrected chi connectivity index (χ3v) is 3.40. The maximum atomic E-state index is 12.5. The predicted octanol–water partition coefficient (Wildman–Crippen LogP) is 3.36. The number of aliphatic carboxylic acids is 1. The molecule has 0 aliphatic carbocycles. The van der Waals surface area contributed by atoms with Gasteiger partial charge in [-0.15, -0.1) is 0 Å². The molecule has 25 heavy (non-hydrogen) atoms. The second-order valence-corrected chi connectivity index (χ2v) is 5.71. The van der Waals surface area contributed by atoms with E-state index >= 15 is 0 Å². The molecule has 2 aromatic carbocycles. The molecule has 0 heterocycles. The van der Waals surface area contributed by atoms with Crippen LogP contribution >= 0.6 is 0 Å². The first-order chi connectivity index (χ1) is 11.9. The van der Waals surface area contributed by atoms with Gasteiger partial charge in [-0.25, -0.2) is 0 Å². The number of methoxy groups -OCH3 is 1. The van der Waals surface area contributed by atoms with E-state index < -0.39 is 5.97 Å². The standard InChI is InChI=1S/C19H21NO5/c1-12(2)25-16-9-8-14(10-17(16)24-3)19(23)20-15-7-5-4-6-13(15)11-18(21)22/h4-10,12H,11H2,1-3H3,(H,20,23)(H,21,22). The molecule has 0 spiro atoms.